The molecule has 3 rings (SSSR count). The number of aliphatic hydroxyl groups is 1. The highest BCUT2D eigenvalue weighted by Crippen LogP contribution is 2.10. The second kappa shape index (κ2) is 21.8. The molecule has 0 saturated carbocycles. The molecule has 0 amide bonds. The number of nitrogens with zero attached hydrogens (tertiary/aromatic N) is 3. The first-order valence-electron chi connectivity index (χ1n) is 11.6. The van der Waals surface area contributed by atoms with Gasteiger partial charge in [0, 0.05) is 48.1 Å². The lowest BCUT2D eigenvalue weighted by atomic mass is 10.3. The van der Waals surface area contributed by atoms with Gasteiger partial charge in [-0.15, -0.1) is 12.4 Å². The van der Waals surface area contributed by atoms with Gasteiger partial charge in [-0.25, -0.2) is 16.8 Å². The topological polar surface area (TPSA) is 153 Å². The molecular formula is C26H42BrClN4O5S2. The maximum absolute atomic E-state index is 11.4. The highest BCUT2D eigenvalue weighted by atomic mass is 79.9. The lowest BCUT2D eigenvalue weighted by molar-refractivity contribution is 0.399. The molecule has 0 fully saturated rings. The van der Waals surface area contributed by atoms with Crippen LogP contribution in [0.5, 0.6) is 0 Å². The van der Waals surface area contributed by atoms with Gasteiger partial charge in [-0.3, -0.25) is 15.0 Å². The van der Waals surface area contributed by atoms with Crippen molar-refractivity contribution in [3.8, 4) is 0 Å². The number of sulfone groups is 2. The average molecular weight is 670 g/mol. The lowest BCUT2D eigenvalue weighted by Crippen LogP contribution is -2.06. The van der Waals surface area contributed by atoms with E-state index in [1.807, 2.05) is 25.3 Å². The summed E-state index contributed by atoms with van der Waals surface area (Å²) in [5.41, 5.74) is 8.07. The molecule has 9 nitrogen and oxygen atoms in total. The number of hydrogen-bond donors (Lipinski definition) is 2. The summed E-state index contributed by atoms with van der Waals surface area (Å²) in [6.07, 6.45) is 6.43. The SMILES string of the molecule is C.CCS(=O)(=O)c1ccc(CN)nc1.CCc1ccc(Br)cn1.CCc1ccc(S(=O)(=O)CC)cn1.CO.Cl. The summed E-state index contributed by atoms with van der Waals surface area (Å²) < 4.78 is 46.4. The third-order valence-corrected chi connectivity index (χ3v) is 8.70. The Bertz CT molecular complexity index is 1170. The van der Waals surface area contributed by atoms with Gasteiger partial charge in [-0.05, 0) is 65.2 Å². The second-order valence-corrected chi connectivity index (χ2v) is 12.6. The average Bonchev–Trinajstić information content (AvgIpc) is 2.95. The van der Waals surface area contributed by atoms with Crippen LogP contribution >= 0.6 is 28.3 Å². The van der Waals surface area contributed by atoms with E-state index >= 15 is 0 Å². The molecule has 13 heteroatoms. The van der Waals surface area contributed by atoms with Gasteiger partial charge in [-0.1, -0.05) is 35.1 Å². The number of aryl methyl sites for hydroxylation is 2. The fraction of sp³-hybridized carbons (Fsp3) is 0.423. The summed E-state index contributed by atoms with van der Waals surface area (Å²) >= 11 is 3.31. The van der Waals surface area contributed by atoms with Crippen molar-refractivity contribution in [2.75, 3.05) is 18.6 Å². The Morgan fingerprint density at radius 3 is 1.31 bits per heavy atom. The number of pyridine rings is 3. The smallest absolute Gasteiger partial charge is 0.179 e. The molecule has 0 atom stereocenters. The predicted molar refractivity (Wildman–Crippen MR) is 165 cm³/mol. The van der Waals surface area contributed by atoms with Crippen LogP contribution < -0.4 is 5.73 Å². The number of aliphatic hydroxyl groups excluding tert-OH is 1. The largest absolute Gasteiger partial charge is 0.400 e. The zero-order valence-electron chi connectivity index (χ0n) is 22.3. The van der Waals surface area contributed by atoms with Crippen LogP contribution in [0, 0.1) is 0 Å². The van der Waals surface area contributed by atoms with E-state index in [-0.39, 0.29) is 36.2 Å². The Hall–Kier alpha value is -1.96. The van der Waals surface area contributed by atoms with Crippen LogP contribution in [0.1, 0.15) is 52.2 Å². The van der Waals surface area contributed by atoms with Gasteiger partial charge in [0.2, 0.25) is 0 Å². The summed E-state index contributed by atoms with van der Waals surface area (Å²) in [6.45, 7) is 7.63. The third-order valence-electron chi connectivity index (χ3n) is 4.80. The molecule has 0 bridgehead atoms. The van der Waals surface area contributed by atoms with Gasteiger partial charge in [0.25, 0.3) is 0 Å². The van der Waals surface area contributed by atoms with Crippen molar-refractivity contribution in [1.29, 1.82) is 0 Å². The molecule has 0 aliphatic rings. The fourth-order valence-corrected chi connectivity index (χ4v) is 4.35. The van der Waals surface area contributed by atoms with E-state index in [9.17, 15) is 16.8 Å². The zero-order valence-corrected chi connectivity index (χ0v) is 26.4. The molecule has 39 heavy (non-hydrogen) atoms. The molecule has 3 aromatic rings. The zero-order chi connectivity index (χ0) is 28.5. The van der Waals surface area contributed by atoms with Gasteiger partial charge in [0.05, 0.1) is 27.0 Å². The first kappa shape index (κ1) is 41.5. The maximum atomic E-state index is 11.4. The number of halogens is 2. The Morgan fingerprint density at radius 2 is 1.05 bits per heavy atom. The van der Waals surface area contributed by atoms with Gasteiger partial charge < -0.3 is 10.8 Å². The highest BCUT2D eigenvalue weighted by molar-refractivity contribution is 9.10. The van der Waals surface area contributed by atoms with E-state index in [1.165, 1.54) is 18.5 Å². The van der Waals surface area contributed by atoms with Crippen LogP contribution in [-0.4, -0.2) is 55.5 Å². The molecule has 0 aliphatic heterocycles. The monoisotopic (exact) mass is 668 g/mol. The number of rotatable bonds is 7. The first-order chi connectivity index (χ1) is 17.5. The van der Waals surface area contributed by atoms with Crippen LogP contribution in [0.15, 0.2) is 69.3 Å². The molecule has 0 aromatic carbocycles. The number of hydrogen-bond acceptors (Lipinski definition) is 9. The molecule has 3 aromatic heterocycles. The highest BCUT2D eigenvalue weighted by Gasteiger charge is 2.11. The molecular weight excluding hydrogens is 628 g/mol. The van der Waals surface area contributed by atoms with E-state index in [2.05, 4.69) is 37.8 Å². The molecule has 0 saturated heterocycles. The van der Waals surface area contributed by atoms with Crippen LogP contribution in [0.2, 0.25) is 0 Å². The minimum absolute atomic E-state index is 0. The van der Waals surface area contributed by atoms with Gasteiger partial charge in [-0.2, -0.15) is 0 Å². The molecule has 3 N–H and O–H groups in total. The Balaban J connectivity index is -0.000000478. The third kappa shape index (κ3) is 15.4. The van der Waals surface area contributed by atoms with Crippen LogP contribution in [-0.2, 0) is 39.1 Å². The Kier molecular flexibility index (Phi) is 23.2. The lowest BCUT2D eigenvalue weighted by Gasteiger charge is -2.00. The molecule has 0 aliphatic carbocycles. The molecule has 0 spiro atoms. The van der Waals surface area contributed by atoms with Crippen LogP contribution in [0.3, 0.4) is 0 Å². The van der Waals surface area contributed by atoms with Gasteiger partial charge >= 0.3 is 0 Å². The van der Waals surface area contributed by atoms with E-state index in [4.69, 9.17) is 10.8 Å². The molecule has 3 heterocycles. The Labute approximate surface area is 249 Å². The Morgan fingerprint density at radius 1 is 0.692 bits per heavy atom. The van der Waals surface area contributed by atoms with Crippen molar-refractivity contribution in [3.63, 3.8) is 0 Å². The van der Waals surface area contributed by atoms with E-state index in [1.54, 1.807) is 32.0 Å². The normalized spacial score (nSPS) is 10.1. The quantitative estimate of drug-likeness (QED) is 0.360. The van der Waals surface area contributed by atoms with Crippen molar-refractivity contribution in [2.24, 2.45) is 5.73 Å². The first-order valence-corrected chi connectivity index (χ1v) is 15.7. The van der Waals surface area contributed by atoms with E-state index in [0.717, 1.165) is 35.8 Å². The van der Waals surface area contributed by atoms with Crippen molar-refractivity contribution >= 4 is 48.0 Å². The standard InChI is InChI=1S/C9H13NO2S.C8H12N2O2S.C7H8BrN.CH4O.CH4.ClH/c1-3-8-5-6-9(7-10-8)13(11,12)4-2;1-2-13(11,12)8-4-3-7(5-9)10-6-8;1-2-7-4-3-6(8)5-9-7;1-2;;/h5-7H,3-4H2,1-2H3;3-4,6H,2,5,9H2,1H3;3-5H,2H2,1H3;2H,1H3;1H4;1H. The summed E-state index contributed by atoms with van der Waals surface area (Å²) in [5, 5.41) is 7.00. The summed E-state index contributed by atoms with van der Waals surface area (Å²) in [6, 6.07) is 10.6. The summed E-state index contributed by atoms with van der Waals surface area (Å²) in [4.78, 5) is 12.7. The van der Waals surface area contributed by atoms with Crippen LogP contribution in [0.25, 0.3) is 0 Å². The summed E-state index contributed by atoms with van der Waals surface area (Å²) in [7, 11) is -5.21. The van der Waals surface area contributed by atoms with E-state index in [0.29, 0.717) is 17.1 Å². The van der Waals surface area contributed by atoms with Gasteiger partial charge in [0.15, 0.2) is 19.7 Å². The van der Waals surface area contributed by atoms with E-state index < -0.39 is 19.7 Å². The number of nitrogens with two attached hydrogens (primary N) is 1. The van der Waals surface area contributed by atoms with Crippen molar-refractivity contribution in [2.45, 2.75) is 64.3 Å². The number of aromatic nitrogens is 3. The van der Waals surface area contributed by atoms with Crippen molar-refractivity contribution in [3.05, 3.63) is 76.5 Å². The van der Waals surface area contributed by atoms with Crippen molar-refractivity contribution < 1.29 is 21.9 Å². The summed E-state index contributed by atoms with van der Waals surface area (Å²) in [5.74, 6) is 0.219. The molecule has 0 unspecified atom stereocenters. The second-order valence-electron chi connectivity index (χ2n) is 7.16. The van der Waals surface area contributed by atoms with Crippen molar-refractivity contribution in [1.82, 2.24) is 15.0 Å². The fourth-order valence-electron chi connectivity index (χ4n) is 2.47. The maximum Gasteiger partial charge on any atom is 0.179 e. The molecule has 222 valence electrons. The van der Waals surface area contributed by atoms with Crippen LogP contribution in [0.4, 0.5) is 0 Å². The van der Waals surface area contributed by atoms with Gasteiger partial charge in [0.1, 0.15) is 0 Å². The minimum Gasteiger partial charge on any atom is -0.400 e. The molecule has 0 radical (unpaired) electrons. The minimum atomic E-state index is -3.13. The predicted octanol–water partition coefficient (Wildman–Crippen LogP) is 4.84.